The zero-order chi connectivity index (χ0) is 11.8. The first-order chi connectivity index (χ1) is 7.56. The van der Waals surface area contributed by atoms with Crippen molar-refractivity contribution in [2.75, 3.05) is 0 Å². The molecule has 16 heavy (non-hydrogen) atoms. The van der Waals surface area contributed by atoms with Crippen LogP contribution in [0.3, 0.4) is 0 Å². The van der Waals surface area contributed by atoms with E-state index in [4.69, 9.17) is 0 Å². The van der Waals surface area contributed by atoms with Gasteiger partial charge in [-0.3, -0.25) is 0 Å². The largest absolute Gasteiger partial charge is 0.303 e. The minimum Gasteiger partial charge on any atom is -0.303 e. The standard InChI is InChI=1S/C15H24O/c1-11-12(2)14(11)5-4-13-6-8-15(3,10-16)9-7-13/h6,10-12,14H,4-5,7-9H2,1-3H3. The van der Waals surface area contributed by atoms with E-state index in [0.29, 0.717) is 0 Å². The summed E-state index contributed by atoms with van der Waals surface area (Å²) in [6.45, 7) is 6.82. The van der Waals surface area contributed by atoms with Gasteiger partial charge in [0.15, 0.2) is 0 Å². The van der Waals surface area contributed by atoms with Crippen LogP contribution in [-0.4, -0.2) is 6.29 Å². The summed E-state index contributed by atoms with van der Waals surface area (Å²) in [5, 5.41) is 0. The molecule has 0 amide bonds. The molecule has 0 radical (unpaired) electrons. The van der Waals surface area contributed by atoms with Crippen LogP contribution in [0.5, 0.6) is 0 Å². The Morgan fingerprint density at radius 3 is 2.56 bits per heavy atom. The first-order valence-corrected chi connectivity index (χ1v) is 6.70. The highest BCUT2D eigenvalue weighted by molar-refractivity contribution is 5.59. The third-order valence-corrected chi connectivity index (χ3v) is 5.00. The zero-order valence-corrected chi connectivity index (χ0v) is 10.8. The van der Waals surface area contributed by atoms with Gasteiger partial charge in [0.1, 0.15) is 6.29 Å². The summed E-state index contributed by atoms with van der Waals surface area (Å²) >= 11 is 0. The van der Waals surface area contributed by atoms with Gasteiger partial charge in [-0.1, -0.05) is 32.4 Å². The second-order valence-corrected chi connectivity index (χ2v) is 6.26. The fourth-order valence-electron chi connectivity index (χ4n) is 3.01. The lowest BCUT2D eigenvalue weighted by Gasteiger charge is -2.27. The SMILES string of the molecule is CC1C(C)C1CCC1=CCC(C)(C=O)CC1. The minimum absolute atomic E-state index is 0.0658. The minimum atomic E-state index is -0.0658. The molecule has 0 heterocycles. The molecule has 0 aromatic heterocycles. The number of rotatable bonds is 4. The van der Waals surface area contributed by atoms with E-state index in [9.17, 15) is 4.79 Å². The molecule has 3 atom stereocenters. The predicted octanol–water partition coefficient (Wildman–Crippen LogP) is 3.98. The monoisotopic (exact) mass is 220 g/mol. The molecule has 1 heteroatoms. The van der Waals surface area contributed by atoms with E-state index in [1.807, 2.05) is 0 Å². The lowest BCUT2D eigenvalue weighted by Crippen LogP contribution is -2.20. The molecule has 0 saturated heterocycles. The lowest BCUT2D eigenvalue weighted by atomic mass is 9.77. The molecular formula is C15H24O. The number of hydrogen-bond acceptors (Lipinski definition) is 1. The molecule has 1 fully saturated rings. The van der Waals surface area contributed by atoms with Crippen molar-refractivity contribution in [3.05, 3.63) is 11.6 Å². The van der Waals surface area contributed by atoms with Gasteiger partial charge in [0, 0.05) is 5.41 Å². The summed E-state index contributed by atoms with van der Waals surface area (Å²) in [6, 6.07) is 0. The van der Waals surface area contributed by atoms with Crippen molar-refractivity contribution in [1.82, 2.24) is 0 Å². The summed E-state index contributed by atoms with van der Waals surface area (Å²) < 4.78 is 0. The molecule has 0 spiro atoms. The van der Waals surface area contributed by atoms with Crippen LogP contribution in [0.4, 0.5) is 0 Å². The first kappa shape index (κ1) is 11.9. The Hall–Kier alpha value is -0.590. The van der Waals surface area contributed by atoms with Gasteiger partial charge in [0.05, 0.1) is 0 Å². The number of aldehydes is 1. The van der Waals surface area contributed by atoms with Crippen molar-refractivity contribution in [2.24, 2.45) is 23.2 Å². The van der Waals surface area contributed by atoms with Crippen molar-refractivity contribution in [2.45, 2.75) is 52.9 Å². The Kier molecular flexibility index (Phi) is 3.23. The second-order valence-electron chi connectivity index (χ2n) is 6.26. The number of carbonyl (C=O) groups is 1. The molecule has 2 aliphatic carbocycles. The summed E-state index contributed by atoms with van der Waals surface area (Å²) in [6.07, 6.45) is 9.27. The fourth-order valence-corrected chi connectivity index (χ4v) is 3.01. The molecule has 1 nitrogen and oxygen atoms in total. The maximum absolute atomic E-state index is 10.9. The normalized spacial score (nSPS) is 42.7. The van der Waals surface area contributed by atoms with Crippen molar-refractivity contribution < 1.29 is 4.79 Å². The lowest BCUT2D eigenvalue weighted by molar-refractivity contribution is -0.115. The smallest absolute Gasteiger partial charge is 0.126 e. The molecule has 2 aliphatic rings. The van der Waals surface area contributed by atoms with Crippen LogP contribution in [0.2, 0.25) is 0 Å². The molecule has 0 aromatic carbocycles. The first-order valence-electron chi connectivity index (χ1n) is 6.70. The molecule has 0 aromatic rings. The quantitative estimate of drug-likeness (QED) is 0.517. The van der Waals surface area contributed by atoms with Crippen LogP contribution in [-0.2, 0) is 4.79 Å². The average Bonchev–Trinajstić information content (AvgIpc) is 2.86. The summed E-state index contributed by atoms with van der Waals surface area (Å²) in [4.78, 5) is 10.9. The highest BCUT2D eigenvalue weighted by Gasteiger charge is 2.41. The maximum atomic E-state index is 10.9. The van der Waals surface area contributed by atoms with Gasteiger partial charge in [0.2, 0.25) is 0 Å². The van der Waals surface area contributed by atoms with E-state index in [2.05, 4.69) is 26.8 Å². The van der Waals surface area contributed by atoms with Gasteiger partial charge in [-0.05, 0) is 49.9 Å². The summed E-state index contributed by atoms with van der Waals surface area (Å²) in [7, 11) is 0. The fraction of sp³-hybridized carbons (Fsp3) is 0.800. The molecule has 0 N–H and O–H groups in total. The van der Waals surface area contributed by atoms with E-state index in [-0.39, 0.29) is 5.41 Å². The van der Waals surface area contributed by atoms with Gasteiger partial charge < -0.3 is 4.79 Å². The van der Waals surface area contributed by atoms with E-state index < -0.39 is 0 Å². The van der Waals surface area contributed by atoms with Crippen LogP contribution in [0.1, 0.15) is 52.9 Å². The Labute approximate surface area is 99.3 Å². The summed E-state index contributed by atoms with van der Waals surface area (Å²) in [5.41, 5.74) is 1.54. The Morgan fingerprint density at radius 2 is 2.12 bits per heavy atom. The Balaban J connectivity index is 1.78. The Bertz CT molecular complexity index is 297. The van der Waals surface area contributed by atoms with E-state index in [0.717, 1.165) is 43.3 Å². The molecule has 0 aliphatic heterocycles. The summed E-state index contributed by atoms with van der Waals surface area (Å²) in [5.74, 6) is 2.87. The van der Waals surface area contributed by atoms with Crippen molar-refractivity contribution in [3.63, 3.8) is 0 Å². The third kappa shape index (κ3) is 2.39. The molecule has 2 rings (SSSR count). The molecule has 1 saturated carbocycles. The van der Waals surface area contributed by atoms with Gasteiger partial charge in [0.25, 0.3) is 0 Å². The number of allylic oxidation sites excluding steroid dienone is 2. The average molecular weight is 220 g/mol. The van der Waals surface area contributed by atoms with E-state index >= 15 is 0 Å². The predicted molar refractivity (Wildman–Crippen MR) is 67.2 cm³/mol. The van der Waals surface area contributed by atoms with Crippen LogP contribution in [0.25, 0.3) is 0 Å². The van der Waals surface area contributed by atoms with Gasteiger partial charge in [-0.25, -0.2) is 0 Å². The molecule has 3 unspecified atom stereocenters. The van der Waals surface area contributed by atoms with Crippen LogP contribution in [0, 0.1) is 23.2 Å². The van der Waals surface area contributed by atoms with Crippen molar-refractivity contribution >= 4 is 6.29 Å². The van der Waals surface area contributed by atoms with E-state index in [1.54, 1.807) is 5.57 Å². The van der Waals surface area contributed by atoms with Crippen molar-refractivity contribution in [3.8, 4) is 0 Å². The molecule has 0 bridgehead atoms. The van der Waals surface area contributed by atoms with Crippen LogP contribution >= 0.6 is 0 Å². The van der Waals surface area contributed by atoms with Crippen molar-refractivity contribution in [1.29, 1.82) is 0 Å². The number of carbonyl (C=O) groups excluding carboxylic acids is 1. The second kappa shape index (κ2) is 4.35. The van der Waals surface area contributed by atoms with Gasteiger partial charge in [-0.2, -0.15) is 0 Å². The van der Waals surface area contributed by atoms with Gasteiger partial charge >= 0.3 is 0 Å². The highest BCUT2D eigenvalue weighted by atomic mass is 16.1. The topological polar surface area (TPSA) is 17.1 Å². The van der Waals surface area contributed by atoms with Gasteiger partial charge in [-0.15, -0.1) is 0 Å². The van der Waals surface area contributed by atoms with Crippen LogP contribution in [0.15, 0.2) is 11.6 Å². The number of hydrogen-bond donors (Lipinski definition) is 0. The Morgan fingerprint density at radius 1 is 1.44 bits per heavy atom. The molecule has 90 valence electrons. The van der Waals surface area contributed by atoms with E-state index in [1.165, 1.54) is 12.8 Å². The third-order valence-electron chi connectivity index (χ3n) is 5.00. The maximum Gasteiger partial charge on any atom is 0.126 e. The van der Waals surface area contributed by atoms with Crippen LogP contribution < -0.4 is 0 Å². The zero-order valence-electron chi connectivity index (χ0n) is 10.8. The molecular weight excluding hydrogens is 196 g/mol. The highest BCUT2D eigenvalue weighted by Crippen LogP contribution is 2.49.